The molecule has 0 aliphatic carbocycles. The zero-order valence-electron chi connectivity index (χ0n) is 12.6. The first-order chi connectivity index (χ1) is 10.8. The number of hydrogen-bond acceptors (Lipinski definition) is 5. The van der Waals surface area contributed by atoms with E-state index in [9.17, 15) is 5.26 Å². The summed E-state index contributed by atoms with van der Waals surface area (Å²) in [5.74, 6) is 0.927. The van der Waals surface area contributed by atoms with E-state index in [2.05, 4.69) is 16.0 Å². The summed E-state index contributed by atoms with van der Waals surface area (Å²) in [5.41, 5.74) is 2.79. The van der Waals surface area contributed by atoms with Crippen LogP contribution in [0.1, 0.15) is 29.5 Å². The molecule has 4 nitrogen and oxygen atoms in total. The molecule has 0 bridgehead atoms. The fraction of sp³-hybridized carbons (Fsp3) is 0.412. The number of benzene rings is 1. The first-order valence-corrected chi connectivity index (χ1v) is 8.41. The van der Waals surface area contributed by atoms with Crippen molar-refractivity contribution in [3.63, 3.8) is 0 Å². The van der Waals surface area contributed by atoms with Gasteiger partial charge in [-0.2, -0.15) is 5.26 Å². The van der Waals surface area contributed by atoms with Gasteiger partial charge in [0.1, 0.15) is 17.9 Å². The fourth-order valence-electron chi connectivity index (χ4n) is 2.82. The largest absolute Gasteiger partial charge is 0.490 e. The van der Waals surface area contributed by atoms with Crippen LogP contribution in [0.3, 0.4) is 0 Å². The van der Waals surface area contributed by atoms with Crippen LogP contribution >= 0.6 is 11.3 Å². The molecule has 5 heteroatoms. The zero-order valence-corrected chi connectivity index (χ0v) is 13.4. The van der Waals surface area contributed by atoms with E-state index in [4.69, 9.17) is 4.74 Å². The third-order valence-electron chi connectivity index (χ3n) is 4.04. The Labute approximate surface area is 135 Å². The number of para-hydroxylation sites is 1. The maximum atomic E-state index is 9.53. The molecule has 1 aliphatic rings. The predicted molar refractivity (Wildman–Crippen MR) is 86.9 cm³/mol. The van der Waals surface area contributed by atoms with Crippen molar-refractivity contribution in [3.8, 4) is 11.8 Å². The summed E-state index contributed by atoms with van der Waals surface area (Å²) in [6.45, 7) is 3.74. The van der Waals surface area contributed by atoms with Gasteiger partial charge in [0, 0.05) is 13.1 Å². The molecule has 1 aromatic carbocycles. The monoisotopic (exact) mass is 313 g/mol. The highest BCUT2D eigenvalue weighted by molar-refractivity contribution is 7.09. The van der Waals surface area contributed by atoms with Gasteiger partial charge in [0.2, 0.25) is 0 Å². The highest BCUT2D eigenvalue weighted by Crippen LogP contribution is 2.30. The van der Waals surface area contributed by atoms with E-state index in [1.165, 1.54) is 0 Å². The van der Waals surface area contributed by atoms with Crippen LogP contribution < -0.4 is 4.74 Å². The Morgan fingerprint density at radius 2 is 2.05 bits per heavy atom. The van der Waals surface area contributed by atoms with Gasteiger partial charge in [-0.1, -0.05) is 18.2 Å². The second-order valence-corrected chi connectivity index (χ2v) is 6.39. The van der Waals surface area contributed by atoms with E-state index in [0.29, 0.717) is 0 Å². The molecule has 0 saturated carbocycles. The molecule has 1 aromatic heterocycles. The highest BCUT2D eigenvalue weighted by Gasteiger charge is 2.28. The Morgan fingerprint density at radius 1 is 1.32 bits per heavy atom. The molecule has 0 amide bonds. The number of ether oxygens (including phenoxy) is 1. The summed E-state index contributed by atoms with van der Waals surface area (Å²) in [5, 5.41) is 9.53. The van der Waals surface area contributed by atoms with Gasteiger partial charge in [-0.05, 0) is 31.9 Å². The Morgan fingerprint density at radius 3 is 2.64 bits per heavy atom. The second-order valence-electron chi connectivity index (χ2n) is 5.50. The van der Waals surface area contributed by atoms with E-state index in [1.807, 2.05) is 42.8 Å². The van der Waals surface area contributed by atoms with Crippen molar-refractivity contribution in [2.75, 3.05) is 13.1 Å². The van der Waals surface area contributed by atoms with Gasteiger partial charge in [-0.3, -0.25) is 4.90 Å². The van der Waals surface area contributed by atoms with Gasteiger partial charge in [-0.15, -0.1) is 11.3 Å². The average Bonchev–Trinajstić information content (AvgIpc) is 2.97. The van der Waals surface area contributed by atoms with Gasteiger partial charge >= 0.3 is 0 Å². The quantitative estimate of drug-likeness (QED) is 0.866. The molecule has 2 aromatic rings. The van der Waals surface area contributed by atoms with Crippen LogP contribution in [0.15, 0.2) is 35.8 Å². The number of hydrogen-bond donors (Lipinski definition) is 0. The van der Waals surface area contributed by atoms with Crippen molar-refractivity contribution in [1.29, 1.82) is 5.26 Å². The number of thiazole rings is 1. The van der Waals surface area contributed by atoms with Crippen LogP contribution in [-0.2, 0) is 0 Å². The topological polar surface area (TPSA) is 49.2 Å². The van der Waals surface area contributed by atoms with E-state index in [-0.39, 0.29) is 12.1 Å². The smallest absolute Gasteiger partial charge is 0.134 e. The van der Waals surface area contributed by atoms with Crippen molar-refractivity contribution in [1.82, 2.24) is 9.88 Å². The molecule has 2 heterocycles. The lowest BCUT2D eigenvalue weighted by molar-refractivity contribution is 0.0885. The number of nitrogens with zero attached hydrogens (tertiary/aromatic N) is 3. The Hall–Kier alpha value is -1.90. The van der Waals surface area contributed by atoms with Gasteiger partial charge in [0.15, 0.2) is 0 Å². The Bertz CT molecular complexity index is 641. The average molecular weight is 313 g/mol. The second kappa shape index (κ2) is 6.91. The van der Waals surface area contributed by atoms with Crippen molar-refractivity contribution in [2.24, 2.45) is 0 Å². The Balaban J connectivity index is 1.59. The molecule has 3 rings (SSSR count). The minimum Gasteiger partial charge on any atom is -0.490 e. The number of aromatic nitrogens is 1. The molecule has 1 unspecified atom stereocenters. The maximum Gasteiger partial charge on any atom is 0.134 e. The van der Waals surface area contributed by atoms with Gasteiger partial charge in [0.25, 0.3) is 0 Å². The highest BCUT2D eigenvalue weighted by atomic mass is 32.1. The van der Waals surface area contributed by atoms with Crippen LogP contribution in [0.25, 0.3) is 0 Å². The van der Waals surface area contributed by atoms with E-state index >= 15 is 0 Å². The van der Waals surface area contributed by atoms with Crippen LogP contribution in [0, 0.1) is 18.3 Å². The Kier molecular flexibility index (Phi) is 4.71. The van der Waals surface area contributed by atoms with Crippen LogP contribution in [0.5, 0.6) is 5.75 Å². The number of rotatable bonds is 4. The predicted octanol–water partition coefficient (Wildman–Crippen LogP) is 3.56. The number of likely N-dealkylation sites (tertiary alicyclic amines) is 1. The molecular weight excluding hydrogens is 294 g/mol. The van der Waals surface area contributed by atoms with Crippen molar-refractivity contribution >= 4 is 11.3 Å². The maximum absolute atomic E-state index is 9.53. The third-order valence-corrected chi connectivity index (χ3v) is 5.02. The van der Waals surface area contributed by atoms with Crippen LogP contribution in [0.2, 0.25) is 0 Å². The standard InChI is InChI=1S/C17H19N3OS/c1-13-17(22-12-19-13)16(11-18)20-9-7-15(8-10-20)21-14-5-3-2-4-6-14/h2-6,12,15-16H,7-10H2,1H3. The van der Waals surface area contributed by atoms with E-state index in [1.54, 1.807) is 11.3 Å². The first-order valence-electron chi connectivity index (χ1n) is 7.53. The first kappa shape index (κ1) is 15.0. The lowest BCUT2D eigenvalue weighted by atomic mass is 10.0. The van der Waals surface area contributed by atoms with Crippen LogP contribution in [-0.4, -0.2) is 29.1 Å². The molecule has 0 spiro atoms. The van der Waals surface area contributed by atoms with Crippen molar-refractivity contribution in [2.45, 2.75) is 31.9 Å². The lowest BCUT2D eigenvalue weighted by Gasteiger charge is -2.34. The van der Waals surface area contributed by atoms with Crippen molar-refractivity contribution < 1.29 is 4.74 Å². The van der Waals surface area contributed by atoms with Gasteiger partial charge in [0.05, 0.1) is 22.2 Å². The third kappa shape index (κ3) is 3.29. The molecule has 0 radical (unpaired) electrons. The fourth-order valence-corrected chi connectivity index (χ4v) is 3.70. The number of nitriles is 1. The normalized spacial score (nSPS) is 17.8. The summed E-state index contributed by atoms with van der Waals surface area (Å²) in [6.07, 6.45) is 2.14. The number of piperidine rings is 1. The van der Waals surface area contributed by atoms with Crippen LogP contribution in [0.4, 0.5) is 0 Å². The summed E-state index contributed by atoms with van der Waals surface area (Å²) >= 11 is 1.57. The summed E-state index contributed by atoms with van der Waals surface area (Å²) in [4.78, 5) is 7.58. The summed E-state index contributed by atoms with van der Waals surface area (Å²) in [7, 11) is 0. The molecule has 1 aliphatic heterocycles. The zero-order chi connectivity index (χ0) is 15.4. The molecule has 0 N–H and O–H groups in total. The molecule has 114 valence electrons. The minimum atomic E-state index is -0.176. The van der Waals surface area contributed by atoms with Gasteiger partial charge < -0.3 is 4.74 Å². The summed E-state index contributed by atoms with van der Waals surface area (Å²) in [6, 6.07) is 12.2. The SMILES string of the molecule is Cc1ncsc1C(C#N)N1CCC(Oc2ccccc2)CC1. The lowest BCUT2D eigenvalue weighted by Crippen LogP contribution is -2.40. The summed E-state index contributed by atoms with van der Waals surface area (Å²) < 4.78 is 6.01. The number of aryl methyl sites for hydroxylation is 1. The molecular formula is C17H19N3OS. The van der Waals surface area contributed by atoms with E-state index in [0.717, 1.165) is 42.3 Å². The van der Waals surface area contributed by atoms with E-state index < -0.39 is 0 Å². The molecule has 1 atom stereocenters. The van der Waals surface area contributed by atoms with Crippen molar-refractivity contribution in [3.05, 3.63) is 46.4 Å². The molecule has 1 fully saturated rings. The molecule has 1 saturated heterocycles. The van der Waals surface area contributed by atoms with Gasteiger partial charge in [-0.25, -0.2) is 4.98 Å². The minimum absolute atomic E-state index is 0.176. The molecule has 22 heavy (non-hydrogen) atoms.